The molecule has 1 aromatic heterocycles. The van der Waals surface area contributed by atoms with Crippen LogP contribution in [0.4, 0.5) is 11.6 Å². The zero-order valence-electron chi connectivity index (χ0n) is 6.07. The van der Waals surface area contributed by atoms with E-state index in [1.54, 1.807) is 6.20 Å². The minimum atomic E-state index is 0.450. The van der Waals surface area contributed by atoms with E-state index in [0.717, 1.165) is 5.82 Å². The Kier molecular flexibility index (Phi) is 1.71. The van der Waals surface area contributed by atoms with E-state index in [1.165, 1.54) is 6.20 Å². The maximum atomic E-state index is 5.40. The molecule has 0 unspecified atom stereocenters. The monoisotopic (exact) mass is 138 g/mol. The Morgan fingerprint density at radius 2 is 2.10 bits per heavy atom. The van der Waals surface area contributed by atoms with Crippen LogP contribution in [0.15, 0.2) is 12.4 Å². The van der Waals surface area contributed by atoms with Gasteiger partial charge in [-0.3, -0.25) is 4.98 Å². The fourth-order valence-corrected chi connectivity index (χ4v) is 0.586. The first-order valence-electron chi connectivity index (χ1n) is 2.95. The highest BCUT2D eigenvalue weighted by Gasteiger charge is 1.95. The molecule has 0 aliphatic heterocycles. The number of nitrogens with two attached hydrogens (primary N) is 1. The lowest BCUT2D eigenvalue weighted by Gasteiger charge is -2.09. The number of hydrogen-bond acceptors (Lipinski definition) is 4. The molecule has 0 aliphatic carbocycles. The molecule has 10 heavy (non-hydrogen) atoms. The predicted molar refractivity (Wildman–Crippen MR) is 40.8 cm³/mol. The molecule has 1 heterocycles. The van der Waals surface area contributed by atoms with Gasteiger partial charge in [-0.1, -0.05) is 0 Å². The van der Waals surface area contributed by atoms with Crippen molar-refractivity contribution < 1.29 is 0 Å². The van der Waals surface area contributed by atoms with E-state index < -0.39 is 0 Å². The molecule has 0 aliphatic rings. The quantitative estimate of drug-likeness (QED) is 0.599. The Labute approximate surface area is 59.7 Å². The number of rotatable bonds is 1. The molecule has 0 bridgehead atoms. The molecular formula is C6H10N4. The normalized spacial score (nSPS) is 9.40. The van der Waals surface area contributed by atoms with Crippen LogP contribution in [0.2, 0.25) is 0 Å². The van der Waals surface area contributed by atoms with Crippen molar-refractivity contribution in [2.75, 3.05) is 24.7 Å². The molecule has 0 saturated heterocycles. The van der Waals surface area contributed by atoms with E-state index in [0.29, 0.717) is 5.82 Å². The van der Waals surface area contributed by atoms with Crippen molar-refractivity contribution in [1.29, 1.82) is 0 Å². The van der Waals surface area contributed by atoms with Crippen LogP contribution in [0.1, 0.15) is 0 Å². The molecule has 0 spiro atoms. The first kappa shape index (κ1) is 6.80. The molecule has 0 radical (unpaired) electrons. The first-order chi connectivity index (χ1) is 4.70. The lowest BCUT2D eigenvalue weighted by atomic mass is 10.6. The molecule has 0 saturated carbocycles. The summed E-state index contributed by atoms with van der Waals surface area (Å²) in [5, 5.41) is 0. The second-order valence-corrected chi connectivity index (χ2v) is 2.20. The van der Waals surface area contributed by atoms with E-state index in [4.69, 9.17) is 5.73 Å². The number of nitrogens with zero attached hydrogens (tertiary/aromatic N) is 3. The van der Waals surface area contributed by atoms with Gasteiger partial charge in [0.1, 0.15) is 11.6 Å². The van der Waals surface area contributed by atoms with Gasteiger partial charge in [0.15, 0.2) is 0 Å². The molecule has 1 aromatic rings. The average molecular weight is 138 g/mol. The van der Waals surface area contributed by atoms with E-state index >= 15 is 0 Å². The second kappa shape index (κ2) is 2.51. The smallest absolute Gasteiger partial charge is 0.149 e. The van der Waals surface area contributed by atoms with Gasteiger partial charge in [-0.05, 0) is 0 Å². The molecule has 4 nitrogen and oxygen atoms in total. The van der Waals surface area contributed by atoms with Crippen LogP contribution in [0, 0.1) is 0 Å². The van der Waals surface area contributed by atoms with Crippen molar-refractivity contribution in [1.82, 2.24) is 9.97 Å². The van der Waals surface area contributed by atoms with Crippen molar-refractivity contribution in [3.8, 4) is 0 Å². The Hall–Kier alpha value is -1.32. The Morgan fingerprint density at radius 3 is 2.50 bits per heavy atom. The minimum Gasteiger partial charge on any atom is -0.382 e. The Balaban J connectivity index is 2.96. The average Bonchev–Trinajstić information content (AvgIpc) is 1.88. The number of hydrogen-bond donors (Lipinski definition) is 1. The van der Waals surface area contributed by atoms with E-state index in [2.05, 4.69) is 9.97 Å². The molecule has 0 aromatic carbocycles. The SMILES string of the molecule is CN(C)c1cncc(N)n1. The van der Waals surface area contributed by atoms with Crippen LogP contribution in [0.25, 0.3) is 0 Å². The fourth-order valence-electron chi connectivity index (χ4n) is 0.586. The molecule has 4 heteroatoms. The topological polar surface area (TPSA) is 55.0 Å². The number of anilines is 2. The van der Waals surface area contributed by atoms with Gasteiger partial charge in [-0.25, -0.2) is 4.98 Å². The highest BCUT2D eigenvalue weighted by atomic mass is 15.2. The van der Waals surface area contributed by atoms with Gasteiger partial charge in [0.2, 0.25) is 0 Å². The second-order valence-electron chi connectivity index (χ2n) is 2.20. The van der Waals surface area contributed by atoms with Crippen molar-refractivity contribution in [3.05, 3.63) is 12.4 Å². The molecular weight excluding hydrogens is 128 g/mol. The van der Waals surface area contributed by atoms with Crippen molar-refractivity contribution in [2.45, 2.75) is 0 Å². The molecule has 2 N–H and O–H groups in total. The third-order valence-corrected chi connectivity index (χ3v) is 1.10. The van der Waals surface area contributed by atoms with Crippen LogP contribution in [-0.2, 0) is 0 Å². The largest absolute Gasteiger partial charge is 0.382 e. The van der Waals surface area contributed by atoms with E-state index in [9.17, 15) is 0 Å². The highest BCUT2D eigenvalue weighted by Crippen LogP contribution is 2.04. The Bertz CT molecular complexity index is 221. The predicted octanol–water partition coefficient (Wildman–Crippen LogP) is 0.125. The third kappa shape index (κ3) is 1.34. The zero-order chi connectivity index (χ0) is 7.56. The van der Waals surface area contributed by atoms with Crippen molar-refractivity contribution in [2.24, 2.45) is 0 Å². The summed E-state index contributed by atoms with van der Waals surface area (Å²) < 4.78 is 0. The summed E-state index contributed by atoms with van der Waals surface area (Å²) in [6, 6.07) is 0. The molecule has 1 rings (SSSR count). The molecule has 0 fully saturated rings. The summed E-state index contributed by atoms with van der Waals surface area (Å²) in [6.45, 7) is 0. The van der Waals surface area contributed by atoms with Crippen LogP contribution in [0.3, 0.4) is 0 Å². The van der Waals surface area contributed by atoms with Gasteiger partial charge < -0.3 is 10.6 Å². The molecule has 0 amide bonds. The Morgan fingerprint density at radius 1 is 1.40 bits per heavy atom. The third-order valence-electron chi connectivity index (χ3n) is 1.10. The maximum Gasteiger partial charge on any atom is 0.149 e. The lowest BCUT2D eigenvalue weighted by Crippen LogP contribution is -2.11. The fraction of sp³-hybridized carbons (Fsp3) is 0.333. The lowest BCUT2D eigenvalue weighted by molar-refractivity contribution is 1.05. The van der Waals surface area contributed by atoms with Gasteiger partial charge >= 0.3 is 0 Å². The van der Waals surface area contributed by atoms with Crippen molar-refractivity contribution >= 4 is 11.6 Å². The number of nitrogen functional groups attached to an aromatic ring is 1. The van der Waals surface area contributed by atoms with E-state index in [-0.39, 0.29) is 0 Å². The minimum absolute atomic E-state index is 0.450. The van der Waals surface area contributed by atoms with Crippen LogP contribution in [-0.4, -0.2) is 24.1 Å². The van der Waals surface area contributed by atoms with Gasteiger partial charge in [-0.2, -0.15) is 0 Å². The summed E-state index contributed by atoms with van der Waals surface area (Å²) >= 11 is 0. The van der Waals surface area contributed by atoms with Crippen LogP contribution < -0.4 is 10.6 Å². The first-order valence-corrected chi connectivity index (χ1v) is 2.95. The van der Waals surface area contributed by atoms with Gasteiger partial charge in [0.05, 0.1) is 12.4 Å². The number of aromatic nitrogens is 2. The van der Waals surface area contributed by atoms with Crippen LogP contribution in [0.5, 0.6) is 0 Å². The summed E-state index contributed by atoms with van der Waals surface area (Å²) in [7, 11) is 3.78. The zero-order valence-corrected chi connectivity index (χ0v) is 6.07. The van der Waals surface area contributed by atoms with Gasteiger partial charge in [-0.15, -0.1) is 0 Å². The standard InChI is InChI=1S/C6H10N4/c1-10(2)6-4-8-3-5(7)9-6/h3-4H,1-2H3,(H2,7,9). The summed E-state index contributed by atoms with van der Waals surface area (Å²) in [5.74, 6) is 1.23. The van der Waals surface area contributed by atoms with Gasteiger partial charge in [0.25, 0.3) is 0 Å². The van der Waals surface area contributed by atoms with Crippen molar-refractivity contribution in [3.63, 3.8) is 0 Å². The molecule has 54 valence electrons. The molecule has 0 atom stereocenters. The van der Waals surface area contributed by atoms with Crippen LogP contribution >= 0.6 is 0 Å². The highest BCUT2D eigenvalue weighted by molar-refractivity contribution is 5.39. The van der Waals surface area contributed by atoms with Gasteiger partial charge in [0, 0.05) is 14.1 Å². The maximum absolute atomic E-state index is 5.40. The summed E-state index contributed by atoms with van der Waals surface area (Å²) in [5.41, 5.74) is 5.40. The summed E-state index contributed by atoms with van der Waals surface area (Å²) in [6.07, 6.45) is 3.18. The van der Waals surface area contributed by atoms with E-state index in [1.807, 2.05) is 19.0 Å². The summed E-state index contributed by atoms with van der Waals surface area (Å²) in [4.78, 5) is 9.74.